The van der Waals surface area contributed by atoms with E-state index in [1.165, 1.54) is 6.92 Å². The van der Waals surface area contributed by atoms with Crippen LogP contribution in [0.3, 0.4) is 0 Å². The van der Waals surface area contributed by atoms with Gasteiger partial charge in [-0.15, -0.1) is 0 Å². The van der Waals surface area contributed by atoms with E-state index in [2.05, 4.69) is 5.32 Å². The van der Waals surface area contributed by atoms with Gasteiger partial charge in [-0.25, -0.2) is 0 Å². The number of rotatable bonds is 7. The molecule has 0 aromatic heterocycles. The molecular formula is C14H20N2O2S. The maximum Gasteiger partial charge on any atom is 0.234 e. The number of Topliss-reactive ketones (excluding diaryl/α,β-unsaturated/α-hetero) is 1. The van der Waals surface area contributed by atoms with Crippen LogP contribution < -0.4 is 11.1 Å². The second kappa shape index (κ2) is 7.96. The standard InChI is InChI=1S/C14H20N2O2S/c1-10(15)7-8-19-9-14(18)16-13-5-3-12(4-6-13)11(2)17/h3-6,10H,7-9,15H2,1-2H3,(H,16,18). The summed E-state index contributed by atoms with van der Waals surface area (Å²) in [5.74, 6) is 1.28. The minimum Gasteiger partial charge on any atom is -0.328 e. The highest BCUT2D eigenvalue weighted by Crippen LogP contribution is 2.11. The van der Waals surface area contributed by atoms with Gasteiger partial charge in [0.15, 0.2) is 5.78 Å². The Kier molecular flexibility index (Phi) is 6.59. The van der Waals surface area contributed by atoms with E-state index >= 15 is 0 Å². The maximum atomic E-state index is 11.6. The second-order valence-corrected chi connectivity index (χ2v) is 5.61. The Bertz CT molecular complexity index is 430. The predicted octanol–water partition coefficient (Wildman–Crippen LogP) is 2.30. The molecule has 0 fully saturated rings. The highest BCUT2D eigenvalue weighted by Gasteiger charge is 2.04. The first-order valence-electron chi connectivity index (χ1n) is 6.23. The van der Waals surface area contributed by atoms with Crippen molar-refractivity contribution < 1.29 is 9.59 Å². The van der Waals surface area contributed by atoms with Crippen molar-refractivity contribution in [1.82, 2.24) is 0 Å². The molecule has 1 aromatic rings. The number of ketones is 1. The lowest BCUT2D eigenvalue weighted by Crippen LogP contribution is -2.17. The third kappa shape index (κ3) is 6.40. The molecule has 1 amide bonds. The zero-order valence-corrected chi connectivity index (χ0v) is 12.1. The molecule has 5 heteroatoms. The van der Waals surface area contributed by atoms with Gasteiger partial charge < -0.3 is 11.1 Å². The Morgan fingerprint density at radius 2 is 1.95 bits per heavy atom. The monoisotopic (exact) mass is 280 g/mol. The lowest BCUT2D eigenvalue weighted by molar-refractivity contribution is -0.113. The summed E-state index contributed by atoms with van der Waals surface area (Å²) in [7, 11) is 0. The van der Waals surface area contributed by atoms with Gasteiger partial charge in [0, 0.05) is 17.3 Å². The van der Waals surface area contributed by atoms with Gasteiger partial charge in [-0.05, 0) is 50.3 Å². The number of hydrogen-bond donors (Lipinski definition) is 2. The van der Waals surface area contributed by atoms with Crippen molar-refractivity contribution in [2.24, 2.45) is 5.73 Å². The second-order valence-electron chi connectivity index (χ2n) is 4.50. The molecule has 0 spiro atoms. The van der Waals surface area contributed by atoms with Crippen LogP contribution in [0.25, 0.3) is 0 Å². The van der Waals surface area contributed by atoms with Crippen LogP contribution in [-0.2, 0) is 4.79 Å². The molecule has 0 aliphatic carbocycles. The van der Waals surface area contributed by atoms with Crippen LogP contribution >= 0.6 is 11.8 Å². The Morgan fingerprint density at radius 1 is 1.32 bits per heavy atom. The summed E-state index contributed by atoms with van der Waals surface area (Å²) in [6.45, 7) is 3.47. The summed E-state index contributed by atoms with van der Waals surface area (Å²) in [6.07, 6.45) is 0.908. The Morgan fingerprint density at radius 3 is 2.47 bits per heavy atom. The van der Waals surface area contributed by atoms with Crippen LogP contribution in [0.4, 0.5) is 5.69 Å². The van der Waals surface area contributed by atoms with Crippen molar-refractivity contribution in [3.05, 3.63) is 29.8 Å². The van der Waals surface area contributed by atoms with Crippen LogP contribution in [0.5, 0.6) is 0 Å². The quantitative estimate of drug-likeness (QED) is 0.594. The summed E-state index contributed by atoms with van der Waals surface area (Å²) in [4.78, 5) is 22.8. The predicted molar refractivity (Wildman–Crippen MR) is 80.7 cm³/mol. The van der Waals surface area contributed by atoms with Crippen molar-refractivity contribution in [3.63, 3.8) is 0 Å². The summed E-state index contributed by atoms with van der Waals surface area (Å²) >= 11 is 1.57. The molecule has 1 aromatic carbocycles. The maximum absolute atomic E-state index is 11.6. The summed E-state index contributed by atoms with van der Waals surface area (Å²) in [5, 5.41) is 2.79. The van der Waals surface area contributed by atoms with Gasteiger partial charge >= 0.3 is 0 Å². The fraction of sp³-hybridized carbons (Fsp3) is 0.429. The number of amides is 1. The number of thioether (sulfide) groups is 1. The Balaban J connectivity index is 2.34. The van der Waals surface area contributed by atoms with Crippen LogP contribution in [-0.4, -0.2) is 29.2 Å². The molecule has 0 aliphatic rings. The van der Waals surface area contributed by atoms with Gasteiger partial charge in [-0.2, -0.15) is 11.8 Å². The van der Waals surface area contributed by atoms with Gasteiger partial charge in [-0.1, -0.05) is 0 Å². The van der Waals surface area contributed by atoms with Crippen molar-refractivity contribution in [2.75, 3.05) is 16.8 Å². The van der Waals surface area contributed by atoms with Crippen molar-refractivity contribution >= 4 is 29.1 Å². The molecule has 0 saturated carbocycles. The van der Waals surface area contributed by atoms with Crippen molar-refractivity contribution in [1.29, 1.82) is 0 Å². The molecule has 0 heterocycles. The molecule has 0 bridgehead atoms. The van der Waals surface area contributed by atoms with Crippen LogP contribution in [0.15, 0.2) is 24.3 Å². The molecule has 0 radical (unpaired) electrons. The minimum atomic E-state index is -0.0368. The normalized spacial score (nSPS) is 11.9. The molecule has 1 rings (SSSR count). The average molecular weight is 280 g/mol. The summed E-state index contributed by atoms with van der Waals surface area (Å²) < 4.78 is 0. The van der Waals surface area contributed by atoms with E-state index in [0.29, 0.717) is 17.0 Å². The number of carbonyl (C=O) groups excluding carboxylic acids is 2. The van der Waals surface area contributed by atoms with E-state index in [4.69, 9.17) is 5.73 Å². The topological polar surface area (TPSA) is 72.2 Å². The first-order valence-corrected chi connectivity index (χ1v) is 7.38. The molecule has 1 atom stereocenters. The zero-order chi connectivity index (χ0) is 14.3. The smallest absolute Gasteiger partial charge is 0.234 e. The SMILES string of the molecule is CC(=O)c1ccc(NC(=O)CSCCC(C)N)cc1. The summed E-state index contributed by atoms with van der Waals surface area (Å²) in [5.41, 5.74) is 6.98. The minimum absolute atomic E-state index is 0.0179. The van der Waals surface area contributed by atoms with E-state index in [1.54, 1.807) is 36.0 Å². The Labute approximate surface area is 118 Å². The van der Waals surface area contributed by atoms with Gasteiger partial charge in [-0.3, -0.25) is 9.59 Å². The first-order chi connectivity index (χ1) is 8.99. The van der Waals surface area contributed by atoms with Gasteiger partial charge in [0.2, 0.25) is 5.91 Å². The van der Waals surface area contributed by atoms with Gasteiger partial charge in [0.25, 0.3) is 0 Å². The van der Waals surface area contributed by atoms with Crippen molar-refractivity contribution in [2.45, 2.75) is 26.3 Å². The molecule has 19 heavy (non-hydrogen) atoms. The number of carbonyl (C=O) groups is 2. The van der Waals surface area contributed by atoms with Crippen molar-refractivity contribution in [3.8, 4) is 0 Å². The molecule has 1 unspecified atom stereocenters. The highest BCUT2D eigenvalue weighted by atomic mass is 32.2. The molecular weight excluding hydrogens is 260 g/mol. The fourth-order valence-electron chi connectivity index (χ4n) is 1.42. The van der Waals surface area contributed by atoms with Crippen LogP contribution in [0.1, 0.15) is 30.6 Å². The lowest BCUT2D eigenvalue weighted by Gasteiger charge is -2.06. The molecule has 4 nitrogen and oxygen atoms in total. The summed E-state index contributed by atoms with van der Waals surface area (Å²) in [6, 6.07) is 7.07. The van der Waals surface area contributed by atoms with E-state index in [1.807, 2.05) is 6.92 Å². The van der Waals surface area contributed by atoms with E-state index < -0.39 is 0 Å². The lowest BCUT2D eigenvalue weighted by atomic mass is 10.1. The number of hydrogen-bond acceptors (Lipinski definition) is 4. The van der Waals surface area contributed by atoms with Crippen LogP contribution in [0, 0.1) is 0 Å². The first kappa shape index (κ1) is 15.7. The number of benzene rings is 1. The van der Waals surface area contributed by atoms with E-state index in [9.17, 15) is 9.59 Å². The van der Waals surface area contributed by atoms with E-state index in [0.717, 1.165) is 12.2 Å². The average Bonchev–Trinajstić information content (AvgIpc) is 2.35. The third-order valence-electron chi connectivity index (χ3n) is 2.53. The van der Waals surface area contributed by atoms with Gasteiger partial charge in [0.05, 0.1) is 5.75 Å². The van der Waals surface area contributed by atoms with Gasteiger partial charge in [0.1, 0.15) is 0 Å². The van der Waals surface area contributed by atoms with E-state index in [-0.39, 0.29) is 17.7 Å². The largest absolute Gasteiger partial charge is 0.328 e. The molecule has 0 saturated heterocycles. The Hall–Kier alpha value is -1.33. The third-order valence-corrected chi connectivity index (χ3v) is 3.52. The molecule has 104 valence electrons. The highest BCUT2D eigenvalue weighted by molar-refractivity contribution is 7.99. The number of nitrogens with two attached hydrogens (primary N) is 1. The fourth-order valence-corrected chi connectivity index (χ4v) is 2.36. The molecule has 3 N–H and O–H groups in total. The number of anilines is 1. The number of nitrogens with one attached hydrogen (secondary N) is 1. The zero-order valence-electron chi connectivity index (χ0n) is 11.3. The van der Waals surface area contributed by atoms with Crippen LogP contribution in [0.2, 0.25) is 0 Å². The molecule has 0 aliphatic heterocycles.